The number of rotatable bonds is 3. The highest BCUT2D eigenvalue weighted by Gasteiger charge is 2.16. The van der Waals surface area contributed by atoms with Gasteiger partial charge in [-0.15, -0.1) is 0 Å². The number of nitrogens with one attached hydrogen (secondary N) is 1. The summed E-state index contributed by atoms with van der Waals surface area (Å²) < 4.78 is 0. The smallest absolute Gasteiger partial charge is 0.319 e. The average molecular weight is 199 g/mol. The van der Waals surface area contributed by atoms with Gasteiger partial charge in [-0.05, 0) is 31.8 Å². The quantitative estimate of drug-likeness (QED) is 0.722. The van der Waals surface area contributed by atoms with Gasteiger partial charge < -0.3 is 15.1 Å². The van der Waals surface area contributed by atoms with Gasteiger partial charge in [0, 0.05) is 27.7 Å². The van der Waals surface area contributed by atoms with Gasteiger partial charge in [-0.2, -0.15) is 0 Å². The van der Waals surface area contributed by atoms with Crippen LogP contribution in [0.2, 0.25) is 0 Å². The Morgan fingerprint density at radius 2 is 2.14 bits per heavy atom. The molecule has 0 saturated carbocycles. The summed E-state index contributed by atoms with van der Waals surface area (Å²) in [7, 11) is 5.44. The average Bonchev–Trinajstić information content (AvgIpc) is 2.65. The largest absolute Gasteiger partial charge is 0.331 e. The van der Waals surface area contributed by atoms with Crippen molar-refractivity contribution < 1.29 is 4.79 Å². The van der Waals surface area contributed by atoms with E-state index in [1.165, 1.54) is 6.42 Å². The lowest BCUT2D eigenvalue weighted by molar-refractivity contribution is 0.179. The predicted octanol–water partition coefficient (Wildman–Crippen LogP) is 0.599. The van der Waals surface area contributed by atoms with E-state index in [1.54, 1.807) is 23.9 Å². The van der Waals surface area contributed by atoms with Crippen molar-refractivity contribution in [1.82, 2.24) is 15.1 Å². The van der Waals surface area contributed by atoms with Gasteiger partial charge in [0.05, 0.1) is 0 Å². The summed E-state index contributed by atoms with van der Waals surface area (Å²) in [5, 5.41) is 3.33. The minimum atomic E-state index is 0.0935. The van der Waals surface area contributed by atoms with Crippen LogP contribution >= 0.6 is 0 Å². The van der Waals surface area contributed by atoms with E-state index < -0.39 is 0 Å². The van der Waals surface area contributed by atoms with Gasteiger partial charge in [0.15, 0.2) is 0 Å². The molecule has 2 amide bonds. The summed E-state index contributed by atoms with van der Waals surface area (Å²) in [4.78, 5) is 14.9. The molecule has 0 bridgehead atoms. The van der Waals surface area contributed by atoms with Crippen molar-refractivity contribution in [2.24, 2.45) is 5.92 Å². The highest BCUT2D eigenvalue weighted by molar-refractivity contribution is 5.73. The third-order valence-corrected chi connectivity index (χ3v) is 2.74. The van der Waals surface area contributed by atoms with Crippen molar-refractivity contribution in [3.05, 3.63) is 0 Å². The Balaban J connectivity index is 2.19. The lowest BCUT2D eigenvalue weighted by Gasteiger charge is -2.22. The SMILES string of the molecule is CN(C)C(=O)N(C)CCC1CCNC1. The number of hydrogen-bond donors (Lipinski definition) is 1. The van der Waals surface area contributed by atoms with Crippen molar-refractivity contribution in [2.75, 3.05) is 40.8 Å². The maximum Gasteiger partial charge on any atom is 0.319 e. The fraction of sp³-hybridized carbons (Fsp3) is 0.900. The Morgan fingerprint density at radius 3 is 2.64 bits per heavy atom. The molecule has 1 aliphatic rings. The van der Waals surface area contributed by atoms with Crippen LogP contribution in [-0.4, -0.2) is 56.6 Å². The first-order valence-corrected chi connectivity index (χ1v) is 5.24. The fourth-order valence-electron chi connectivity index (χ4n) is 1.77. The summed E-state index contributed by atoms with van der Waals surface area (Å²) in [5.41, 5.74) is 0. The van der Waals surface area contributed by atoms with E-state index in [-0.39, 0.29) is 6.03 Å². The Labute approximate surface area is 86.2 Å². The van der Waals surface area contributed by atoms with Crippen LogP contribution in [0.5, 0.6) is 0 Å². The summed E-state index contributed by atoms with van der Waals surface area (Å²) in [6.45, 7) is 3.11. The molecule has 0 aromatic heterocycles. The zero-order chi connectivity index (χ0) is 10.6. The molecule has 0 aromatic carbocycles. The standard InChI is InChI=1S/C10H21N3O/c1-12(2)10(14)13(3)7-5-9-4-6-11-8-9/h9,11H,4-8H2,1-3H3. The van der Waals surface area contributed by atoms with Gasteiger partial charge in [-0.1, -0.05) is 0 Å². The molecule has 0 aliphatic carbocycles. The van der Waals surface area contributed by atoms with E-state index in [9.17, 15) is 4.79 Å². The Kier molecular flexibility index (Phi) is 4.20. The Bertz CT molecular complexity index is 188. The number of carbonyl (C=O) groups is 1. The van der Waals surface area contributed by atoms with Crippen LogP contribution in [0.1, 0.15) is 12.8 Å². The third kappa shape index (κ3) is 3.18. The maximum absolute atomic E-state index is 11.5. The van der Waals surface area contributed by atoms with E-state index >= 15 is 0 Å². The zero-order valence-corrected chi connectivity index (χ0v) is 9.42. The van der Waals surface area contributed by atoms with Crippen LogP contribution in [0, 0.1) is 5.92 Å². The predicted molar refractivity (Wildman–Crippen MR) is 57.3 cm³/mol. The van der Waals surface area contributed by atoms with E-state index in [4.69, 9.17) is 0 Å². The van der Waals surface area contributed by atoms with Crippen molar-refractivity contribution >= 4 is 6.03 Å². The lowest BCUT2D eigenvalue weighted by Crippen LogP contribution is -2.37. The van der Waals surface area contributed by atoms with Crippen LogP contribution in [0.4, 0.5) is 4.79 Å². The molecular weight excluding hydrogens is 178 g/mol. The molecule has 1 unspecified atom stereocenters. The first kappa shape index (κ1) is 11.3. The summed E-state index contributed by atoms with van der Waals surface area (Å²) in [6, 6.07) is 0.0935. The van der Waals surface area contributed by atoms with E-state index in [0.29, 0.717) is 0 Å². The fourth-order valence-corrected chi connectivity index (χ4v) is 1.77. The zero-order valence-electron chi connectivity index (χ0n) is 9.42. The molecule has 0 radical (unpaired) electrons. The number of carbonyl (C=O) groups excluding carboxylic acids is 1. The van der Waals surface area contributed by atoms with Gasteiger partial charge in [-0.3, -0.25) is 0 Å². The second-order valence-electron chi connectivity index (χ2n) is 4.25. The number of amides is 2. The highest BCUT2D eigenvalue weighted by atomic mass is 16.2. The summed E-state index contributed by atoms with van der Waals surface area (Å²) in [6.07, 6.45) is 2.37. The number of hydrogen-bond acceptors (Lipinski definition) is 2. The van der Waals surface area contributed by atoms with Crippen LogP contribution in [0.15, 0.2) is 0 Å². The van der Waals surface area contributed by atoms with Crippen LogP contribution in [0.25, 0.3) is 0 Å². The minimum absolute atomic E-state index is 0.0935. The van der Waals surface area contributed by atoms with Crippen LogP contribution in [0.3, 0.4) is 0 Å². The highest BCUT2D eigenvalue weighted by Crippen LogP contribution is 2.12. The molecule has 1 fully saturated rings. The molecule has 82 valence electrons. The third-order valence-electron chi connectivity index (χ3n) is 2.74. The van der Waals surface area contributed by atoms with Crippen molar-refractivity contribution in [1.29, 1.82) is 0 Å². The molecule has 4 nitrogen and oxygen atoms in total. The normalized spacial score (nSPS) is 20.9. The molecule has 1 saturated heterocycles. The van der Waals surface area contributed by atoms with Crippen molar-refractivity contribution in [2.45, 2.75) is 12.8 Å². The topological polar surface area (TPSA) is 35.6 Å². The second kappa shape index (κ2) is 5.20. The maximum atomic E-state index is 11.5. The van der Waals surface area contributed by atoms with E-state index in [2.05, 4.69) is 5.32 Å². The monoisotopic (exact) mass is 199 g/mol. The van der Waals surface area contributed by atoms with E-state index in [0.717, 1.165) is 32.0 Å². The van der Waals surface area contributed by atoms with Crippen molar-refractivity contribution in [3.63, 3.8) is 0 Å². The molecule has 1 N–H and O–H groups in total. The first-order valence-electron chi connectivity index (χ1n) is 5.24. The first-order chi connectivity index (χ1) is 6.61. The molecule has 1 heterocycles. The molecule has 1 rings (SSSR count). The van der Waals surface area contributed by atoms with Crippen LogP contribution in [-0.2, 0) is 0 Å². The van der Waals surface area contributed by atoms with Crippen LogP contribution < -0.4 is 5.32 Å². The second-order valence-corrected chi connectivity index (χ2v) is 4.25. The minimum Gasteiger partial charge on any atom is -0.331 e. The number of nitrogens with zero attached hydrogens (tertiary/aromatic N) is 2. The van der Waals surface area contributed by atoms with Gasteiger partial charge in [0.1, 0.15) is 0 Å². The Morgan fingerprint density at radius 1 is 1.43 bits per heavy atom. The lowest BCUT2D eigenvalue weighted by atomic mass is 10.1. The van der Waals surface area contributed by atoms with E-state index in [1.807, 2.05) is 7.05 Å². The van der Waals surface area contributed by atoms with Gasteiger partial charge in [0.2, 0.25) is 0 Å². The molecule has 4 heteroatoms. The Hall–Kier alpha value is -0.770. The van der Waals surface area contributed by atoms with Crippen molar-refractivity contribution in [3.8, 4) is 0 Å². The summed E-state index contributed by atoms with van der Waals surface area (Å²) >= 11 is 0. The summed E-state index contributed by atoms with van der Waals surface area (Å²) in [5.74, 6) is 0.757. The number of urea groups is 1. The van der Waals surface area contributed by atoms with Gasteiger partial charge in [0.25, 0.3) is 0 Å². The molecule has 1 aliphatic heterocycles. The molecule has 0 aromatic rings. The molecule has 1 atom stereocenters. The molecular formula is C10H21N3O. The molecule has 14 heavy (non-hydrogen) atoms. The molecule has 0 spiro atoms. The van der Waals surface area contributed by atoms with Gasteiger partial charge in [-0.25, -0.2) is 4.79 Å². The van der Waals surface area contributed by atoms with Gasteiger partial charge >= 0.3 is 6.03 Å².